The SMILES string of the molecule is CCCCC[C@H](O)/C=C/[C@H]1[C@H](O)CC(=O)[C@@H]1CCCCCCC(=O)OC[C@H](O)COC(=O)CCCCCCCCCCCCCCCCCCCCC(C)CC. The molecule has 1 saturated carbocycles. The van der Waals surface area contributed by atoms with E-state index in [9.17, 15) is 29.7 Å². The van der Waals surface area contributed by atoms with Crippen LogP contribution in [0.3, 0.4) is 0 Å². The quantitative estimate of drug-likeness (QED) is 0.0319. The number of rotatable bonds is 39. The van der Waals surface area contributed by atoms with E-state index < -0.39 is 18.3 Å². The van der Waals surface area contributed by atoms with E-state index in [1.807, 2.05) is 6.08 Å². The van der Waals surface area contributed by atoms with Crippen LogP contribution in [0.1, 0.15) is 226 Å². The number of hydrogen-bond acceptors (Lipinski definition) is 8. The summed E-state index contributed by atoms with van der Waals surface area (Å²) in [6.45, 7) is 6.43. The number of ether oxygens (including phenoxy) is 2. The first kappa shape index (κ1) is 52.2. The third kappa shape index (κ3) is 29.4. The fraction of sp³-hybridized carbons (Fsp3) is 0.896. The van der Waals surface area contributed by atoms with Gasteiger partial charge in [0.25, 0.3) is 0 Å². The molecule has 1 aliphatic carbocycles. The zero-order valence-corrected chi connectivity index (χ0v) is 36.5. The molecule has 0 saturated heterocycles. The molecule has 0 aromatic carbocycles. The van der Waals surface area contributed by atoms with E-state index in [1.165, 1.54) is 109 Å². The summed E-state index contributed by atoms with van der Waals surface area (Å²) in [5.41, 5.74) is 0. The molecule has 8 nitrogen and oxygen atoms in total. The van der Waals surface area contributed by atoms with Crippen LogP contribution in [0.2, 0.25) is 0 Å². The minimum atomic E-state index is -1.04. The van der Waals surface area contributed by atoms with Crippen molar-refractivity contribution in [3.05, 3.63) is 12.2 Å². The average Bonchev–Trinajstić information content (AvgIpc) is 3.46. The van der Waals surface area contributed by atoms with Gasteiger partial charge in [-0.05, 0) is 31.6 Å². The maximum atomic E-state index is 12.5. The lowest BCUT2D eigenvalue weighted by Crippen LogP contribution is -2.25. The van der Waals surface area contributed by atoms with Gasteiger partial charge < -0.3 is 24.8 Å². The normalized spacial score (nSPS) is 18.8. The highest BCUT2D eigenvalue weighted by atomic mass is 16.6. The van der Waals surface area contributed by atoms with Crippen molar-refractivity contribution in [2.45, 2.75) is 245 Å². The molecular formula is C48H88O8. The van der Waals surface area contributed by atoms with Gasteiger partial charge in [-0.1, -0.05) is 193 Å². The van der Waals surface area contributed by atoms with Crippen molar-refractivity contribution in [3.63, 3.8) is 0 Å². The fourth-order valence-corrected chi connectivity index (χ4v) is 7.90. The summed E-state index contributed by atoms with van der Waals surface area (Å²) >= 11 is 0. The van der Waals surface area contributed by atoms with Crippen molar-refractivity contribution in [2.24, 2.45) is 17.8 Å². The van der Waals surface area contributed by atoms with E-state index in [0.29, 0.717) is 25.7 Å². The molecule has 0 aliphatic heterocycles. The lowest BCUT2D eigenvalue weighted by atomic mass is 9.88. The minimum absolute atomic E-state index is 0.0846. The lowest BCUT2D eigenvalue weighted by molar-refractivity contribution is -0.152. The maximum Gasteiger partial charge on any atom is 0.305 e. The Bertz CT molecular complexity index is 982. The van der Waals surface area contributed by atoms with Gasteiger partial charge in [0.2, 0.25) is 0 Å². The maximum absolute atomic E-state index is 12.5. The zero-order chi connectivity index (χ0) is 41.1. The van der Waals surface area contributed by atoms with Crippen LogP contribution in [0.25, 0.3) is 0 Å². The predicted molar refractivity (Wildman–Crippen MR) is 229 cm³/mol. The Morgan fingerprint density at radius 2 is 1.07 bits per heavy atom. The van der Waals surface area contributed by atoms with E-state index >= 15 is 0 Å². The molecule has 1 fully saturated rings. The number of ketones is 1. The molecule has 8 heteroatoms. The first-order chi connectivity index (χ1) is 27.2. The molecule has 0 aromatic rings. The molecule has 1 aliphatic rings. The van der Waals surface area contributed by atoms with Crippen LogP contribution in [0, 0.1) is 17.8 Å². The van der Waals surface area contributed by atoms with Gasteiger partial charge in [-0.2, -0.15) is 0 Å². The first-order valence-electron chi connectivity index (χ1n) is 23.7. The van der Waals surface area contributed by atoms with Gasteiger partial charge in [-0.15, -0.1) is 0 Å². The van der Waals surface area contributed by atoms with Gasteiger partial charge in [-0.3, -0.25) is 14.4 Å². The molecular weight excluding hydrogens is 705 g/mol. The molecule has 0 spiro atoms. The van der Waals surface area contributed by atoms with Crippen molar-refractivity contribution in [3.8, 4) is 0 Å². The summed E-state index contributed by atoms with van der Waals surface area (Å²) in [5, 5.41) is 30.7. The number of hydrogen-bond donors (Lipinski definition) is 3. The molecule has 0 radical (unpaired) electrons. The predicted octanol–water partition coefficient (Wildman–Crippen LogP) is 11.7. The number of carbonyl (C=O) groups excluding carboxylic acids is 3. The largest absolute Gasteiger partial charge is 0.463 e. The van der Waals surface area contributed by atoms with Crippen molar-refractivity contribution in [1.29, 1.82) is 0 Å². The molecule has 0 amide bonds. The van der Waals surface area contributed by atoms with Crippen molar-refractivity contribution in [1.82, 2.24) is 0 Å². The first-order valence-corrected chi connectivity index (χ1v) is 23.7. The Hall–Kier alpha value is -1.77. The van der Waals surface area contributed by atoms with Gasteiger partial charge in [0.15, 0.2) is 0 Å². The van der Waals surface area contributed by atoms with Crippen LogP contribution >= 0.6 is 0 Å². The Morgan fingerprint density at radius 3 is 1.54 bits per heavy atom. The summed E-state index contributed by atoms with van der Waals surface area (Å²) in [6.07, 6.45) is 36.0. The van der Waals surface area contributed by atoms with Crippen molar-refractivity contribution in [2.75, 3.05) is 13.2 Å². The van der Waals surface area contributed by atoms with Crippen molar-refractivity contribution >= 4 is 17.7 Å². The highest BCUT2D eigenvalue weighted by molar-refractivity contribution is 5.84. The highest BCUT2D eigenvalue weighted by Gasteiger charge is 2.39. The van der Waals surface area contributed by atoms with Crippen LogP contribution in [-0.2, 0) is 23.9 Å². The second-order valence-electron chi connectivity index (χ2n) is 17.3. The number of Topliss-reactive ketones (excluding diaryl/α,β-unsaturated/α-hetero) is 1. The number of unbranched alkanes of at least 4 members (excludes halogenated alkanes) is 22. The second kappa shape index (κ2) is 36.3. The third-order valence-electron chi connectivity index (χ3n) is 11.9. The second-order valence-corrected chi connectivity index (χ2v) is 17.3. The minimum Gasteiger partial charge on any atom is -0.463 e. The summed E-state index contributed by atoms with van der Waals surface area (Å²) in [7, 11) is 0. The number of esters is 2. The van der Waals surface area contributed by atoms with Crippen LogP contribution in [0.5, 0.6) is 0 Å². The highest BCUT2D eigenvalue weighted by Crippen LogP contribution is 2.34. The van der Waals surface area contributed by atoms with Gasteiger partial charge >= 0.3 is 11.9 Å². The molecule has 1 unspecified atom stereocenters. The molecule has 1 rings (SSSR count). The monoisotopic (exact) mass is 793 g/mol. The molecule has 0 bridgehead atoms. The van der Waals surface area contributed by atoms with Gasteiger partial charge in [0.1, 0.15) is 25.1 Å². The Balaban J connectivity index is 1.92. The van der Waals surface area contributed by atoms with Gasteiger partial charge in [-0.25, -0.2) is 0 Å². The topological polar surface area (TPSA) is 130 Å². The molecule has 0 aromatic heterocycles. The van der Waals surface area contributed by atoms with Gasteiger partial charge in [0, 0.05) is 31.1 Å². The third-order valence-corrected chi connectivity index (χ3v) is 11.9. The smallest absolute Gasteiger partial charge is 0.305 e. The number of aliphatic hydroxyl groups excluding tert-OH is 3. The number of carbonyl (C=O) groups is 3. The fourth-order valence-electron chi connectivity index (χ4n) is 7.90. The Labute approximate surface area is 343 Å². The summed E-state index contributed by atoms with van der Waals surface area (Å²) in [4.78, 5) is 36.7. The van der Waals surface area contributed by atoms with Crippen molar-refractivity contribution < 1.29 is 39.2 Å². The molecule has 56 heavy (non-hydrogen) atoms. The standard InChI is InChI=1S/C48H88O8/c1-4-6-25-31-41(49)35-36-44-43(45(51)37-46(44)52)32-27-23-24-29-34-48(54)56-39-42(50)38-55-47(53)33-28-22-20-18-16-14-12-10-8-7-9-11-13-15-17-19-21-26-30-40(3)5-2/h35-36,40-44,46,49-50,52H,4-34,37-39H2,1-3H3/b36-35+/t40?,41-,42+,43+,44+,46+/m0/s1. The average molecular weight is 793 g/mol. The molecule has 328 valence electrons. The van der Waals surface area contributed by atoms with E-state index in [1.54, 1.807) is 6.08 Å². The Kier molecular flexibility index (Phi) is 33.9. The molecule has 0 heterocycles. The van der Waals surface area contributed by atoms with E-state index in [0.717, 1.165) is 63.7 Å². The van der Waals surface area contributed by atoms with E-state index in [4.69, 9.17) is 9.47 Å². The Morgan fingerprint density at radius 1 is 0.643 bits per heavy atom. The van der Waals surface area contributed by atoms with Crippen LogP contribution in [0.4, 0.5) is 0 Å². The van der Waals surface area contributed by atoms with Crippen LogP contribution in [0.15, 0.2) is 12.2 Å². The summed E-state index contributed by atoms with van der Waals surface area (Å²) < 4.78 is 10.4. The van der Waals surface area contributed by atoms with E-state index in [-0.39, 0.29) is 55.6 Å². The lowest BCUT2D eigenvalue weighted by Gasteiger charge is -2.18. The van der Waals surface area contributed by atoms with Gasteiger partial charge in [0.05, 0.1) is 12.2 Å². The van der Waals surface area contributed by atoms with Crippen LogP contribution < -0.4 is 0 Å². The molecule has 6 atom stereocenters. The summed E-state index contributed by atoms with van der Waals surface area (Å²) in [6, 6.07) is 0. The van der Waals surface area contributed by atoms with E-state index in [2.05, 4.69) is 20.8 Å². The number of aliphatic hydroxyl groups is 3. The molecule has 3 N–H and O–H groups in total. The summed E-state index contributed by atoms with van der Waals surface area (Å²) in [5.74, 6) is -0.191. The zero-order valence-electron chi connectivity index (χ0n) is 36.5. The van der Waals surface area contributed by atoms with Crippen LogP contribution in [-0.4, -0.2) is 64.6 Å².